The number of hydrogen-bond acceptors (Lipinski definition) is 3. The number of hydrogen-bond donors (Lipinski definition) is 1. The van der Waals surface area contributed by atoms with Crippen LogP contribution < -0.4 is 0 Å². The van der Waals surface area contributed by atoms with Crippen LogP contribution in [0.2, 0.25) is 0 Å². The monoisotopic (exact) mass is 246 g/mol. The fraction of sp³-hybridized carbons (Fsp3) is 0.533. The molecule has 1 aliphatic rings. The van der Waals surface area contributed by atoms with Crippen molar-refractivity contribution in [2.45, 2.75) is 31.2 Å². The Kier molecular flexibility index (Phi) is 4.02. The zero-order chi connectivity index (χ0) is 13.0. The summed E-state index contributed by atoms with van der Waals surface area (Å²) in [7, 11) is 4.32. The van der Waals surface area contributed by atoms with E-state index >= 15 is 0 Å². The molecule has 0 aliphatic heterocycles. The van der Waals surface area contributed by atoms with Gasteiger partial charge in [0.2, 0.25) is 0 Å². The summed E-state index contributed by atoms with van der Waals surface area (Å²) in [5, 5.41) is 11.8. The minimum Gasteiger partial charge on any atom is -0.411 e. The second-order valence-corrected chi connectivity index (χ2v) is 5.39. The molecule has 0 radical (unpaired) electrons. The fourth-order valence-corrected chi connectivity index (χ4v) is 3.10. The predicted molar refractivity (Wildman–Crippen MR) is 74.0 cm³/mol. The van der Waals surface area contributed by atoms with Gasteiger partial charge in [0.05, 0.1) is 0 Å². The lowest BCUT2D eigenvalue weighted by Gasteiger charge is -2.45. The van der Waals surface area contributed by atoms with Gasteiger partial charge in [0.25, 0.3) is 0 Å². The van der Waals surface area contributed by atoms with E-state index in [2.05, 4.69) is 54.5 Å². The van der Waals surface area contributed by atoms with E-state index in [1.54, 1.807) is 6.21 Å². The van der Waals surface area contributed by atoms with Crippen molar-refractivity contribution < 1.29 is 5.21 Å². The smallest absolute Gasteiger partial charge is 0.0466 e. The van der Waals surface area contributed by atoms with Crippen molar-refractivity contribution in [2.75, 3.05) is 14.1 Å². The van der Waals surface area contributed by atoms with Crippen molar-refractivity contribution in [3.8, 4) is 0 Å². The highest BCUT2D eigenvalue weighted by Crippen LogP contribution is 2.42. The third kappa shape index (κ3) is 2.41. The second-order valence-electron chi connectivity index (χ2n) is 5.39. The molecule has 3 heteroatoms. The standard InChI is InChI=1S/C15H22N2O/c1-17(2)15(14-6-4-3-5-7-14)10-8-13(9-11-15)12-16-18/h3-7,12-13,18H,8-11H2,1-2H3/b16-12+. The lowest BCUT2D eigenvalue weighted by molar-refractivity contribution is 0.0894. The van der Waals surface area contributed by atoms with Crippen molar-refractivity contribution in [3.05, 3.63) is 35.9 Å². The van der Waals surface area contributed by atoms with Gasteiger partial charge in [-0.1, -0.05) is 30.3 Å². The first kappa shape index (κ1) is 13.1. The van der Waals surface area contributed by atoms with Crippen molar-refractivity contribution in [3.63, 3.8) is 0 Å². The summed E-state index contributed by atoms with van der Waals surface area (Å²) in [6.45, 7) is 0. The van der Waals surface area contributed by atoms with Crippen LogP contribution in [0.1, 0.15) is 31.2 Å². The summed E-state index contributed by atoms with van der Waals surface area (Å²) in [4.78, 5) is 2.34. The van der Waals surface area contributed by atoms with Gasteiger partial charge in [0, 0.05) is 11.8 Å². The van der Waals surface area contributed by atoms with Crippen LogP contribution >= 0.6 is 0 Å². The van der Waals surface area contributed by atoms with E-state index in [4.69, 9.17) is 5.21 Å². The molecule has 2 rings (SSSR count). The molecule has 0 spiro atoms. The van der Waals surface area contributed by atoms with E-state index in [-0.39, 0.29) is 5.54 Å². The molecule has 1 aromatic rings. The fourth-order valence-electron chi connectivity index (χ4n) is 3.10. The summed E-state index contributed by atoms with van der Waals surface area (Å²) in [6, 6.07) is 10.7. The zero-order valence-corrected chi connectivity index (χ0v) is 11.2. The number of rotatable bonds is 3. The predicted octanol–water partition coefficient (Wildman–Crippen LogP) is 3.09. The van der Waals surface area contributed by atoms with Crippen molar-refractivity contribution >= 4 is 6.21 Å². The van der Waals surface area contributed by atoms with Crippen LogP contribution in [0.4, 0.5) is 0 Å². The van der Waals surface area contributed by atoms with Gasteiger partial charge < -0.3 is 5.21 Å². The molecule has 1 saturated carbocycles. The maximum atomic E-state index is 8.63. The molecule has 0 aromatic heterocycles. The molecule has 1 aliphatic carbocycles. The number of oxime groups is 1. The molecular weight excluding hydrogens is 224 g/mol. The van der Waals surface area contributed by atoms with Crippen LogP contribution in [-0.2, 0) is 5.54 Å². The molecule has 0 atom stereocenters. The molecule has 1 aromatic carbocycles. The Balaban J connectivity index is 2.21. The Morgan fingerprint density at radius 2 is 1.83 bits per heavy atom. The second kappa shape index (κ2) is 5.53. The summed E-state index contributed by atoms with van der Waals surface area (Å²) in [5.41, 5.74) is 1.54. The lowest BCUT2D eigenvalue weighted by Crippen LogP contribution is -2.44. The van der Waals surface area contributed by atoms with Gasteiger partial charge in [0.15, 0.2) is 0 Å². The normalized spacial score (nSPS) is 28.9. The van der Waals surface area contributed by atoms with Crippen LogP contribution in [0.25, 0.3) is 0 Å². The molecule has 0 saturated heterocycles. The average Bonchev–Trinajstić information content (AvgIpc) is 2.41. The van der Waals surface area contributed by atoms with E-state index < -0.39 is 0 Å². The first-order valence-corrected chi connectivity index (χ1v) is 6.59. The first-order valence-electron chi connectivity index (χ1n) is 6.59. The van der Waals surface area contributed by atoms with Gasteiger partial charge in [-0.3, -0.25) is 4.90 Å². The molecule has 1 N–H and O–H groups in total. The van der Waals surface area contributed by atoms with Gasteiger partial charge in [-0.05, 0) is 51.3 Å². The highest BCUT2D eigenvalue weighted by Gasteiger charge is 2.38. The molecule has 0 unspecified atom stereocenters. The van der Waals surface area contributed by atoms with Crippen LogP contribution in [0.15, 0.2) is 35.5 Å². The van der Waals surface area contributed by atoms with Gasteiger partial charge >= 0.3 is 0 Å². The summed E-state index contributed by atoms with van der Waals surface area (Å²) >= 11 is 0. The van der Waals surface area contributed by atoms with Crippen molar-refractivity contribution in [1.29, 1.82) is 0 Å². The molecule has 98 valence electrons. The van der Waals surface area contributed by atoms with E-state index in [1.807, 2.05) is 0 Å². The maximum absolute atomic E-state index is 8.63. The van der Waals surface area contributed by atoms with Crippen molar-refractivity contribution in [2.24, 2.45) is 11.1 Å². The van der Waals surface area contributed by atoms with Crippen molar-refractivity contribution in [1.82, 2.24) is 4.90 Å². The highest BCUT2D eigenvalue weighted by atomic mass is 16.4. The van der Waals surface area contributed by atoms with Crippen LogP contribution in [0.5, 0.6) is 0 Å². The molecule has 0 bridgehead atoms. The highest BCUT2D eigenvalue weighted by molar-refractivity contribution is 5.60. The Morgan fingerprint density at radius 3 is 2.33 bits per heavy atom. The van der Waals surface area contributed by atoms with E-state index in [9.17, 15) is 0 Å². The zero-order valence-electron chi connectivity index (χ0n) is 11.2. The topological polar surface area (TPSA) is 35.8 Å². The summed E-state index contributed by atoms with van der Waals surface area (Å²) in [5.74, 6) is 0.423. The molecule has 18 heavy (non-hydrogen) atoms. The SMILES string of the molecule is CN(C)C1(c2ccccc2)CCC(/C=N/O)CC1. The number of nitrogens with zero attached hydrogens (tertiary/aromatic N) is 2. The van der Waals surface area contributed by atoms with E-state index in [1.165, 1.54) is 5.56 Å². The Labute approximate surface area is 109 Å². The van der Waals surface area contributed by atoms with Gasteiger partial charge in [-0.15, -0.1) is 5.16 Å². The molecule has 1 fully saturated rings. The lowest BCUT2D eigenvalue weighted by atomic mass is 9.72. The van der Waals surface area contributed by atoms with Gasteiger partial charge in [0.1, 0.15) is 0 Å². The molecule has 0 heterocycles. The summed E-state index contributed by atoms with van der Waals surface area (Å²) < 4.78 is 0. The largest absolute Gasteiger partial charge is 0.411 e. The van der Waals surface area contributed by atoms with Crippen LogP contribution in [-0.4, -0.2) is 30.4 Å². The minimum absolute atomic E-state index is 0.140. The third-order valence-corrected chi connectivity index (χ3v) is 4.30. The Hall–Kier alpha value is -1.35. The first-order chi connectivity index (χ1) is 8.69. The third-order valence-electron chi connectivity index (χ3n) is 4.30. The van der Waals surface area contributed by atoms with E-state index in [0.29, 0.717) is 5.92 Å². The number of benzene rings is 1. The molecule has 3 nitrogen and oxygen atoms in total. The molecule has 0 amide bonds. The Bertz CT molecular complexity index is 392. The van der Waals surface area contributed by atoms with E-state index in [0.717, 1.165) is 25.7 Å². The molecular formula is C15H22N2O. The van der Waals surface area contributed by atoms with Crippen LogP contribution in [0, 0.1) is 5.92 Å². The van der Waals surface area contributed by atoms with Gasteiger partial charge in [-0.25, -0.2) is 0 Å². The average molecular weight is 246 g/mol. The Morgan fingerprint density at radius 1 is 1.22 bits per heavy atom. The van der Waals surface area contributed by atoms with Crippen LogP contribution in [0.3, 0.4) is 0 Å². The maximum Gasteiger partial charge on any atom is 0.0466 e. The summed E-state index contributed by atoms with van der Waals surface area (Å²) in [6.07, 6.45) is 6.07. The quantitative estimate of drug-likeness (QED) is 0.505. The minimum atomic E-state index is 0.140. The van der Waals surface area contributed by atoms with Gasteiger partial charge in [-0.2, -0.15) is 0 Å².